The Kier molecular flexibility index (Phi) is 8.96. The number of amides is 1. The van der Waals surface area contributed by atoms with E-state index in [1.807, 2.05) is 45.0 Å². The van der Waals surface area contributed by atoms with Crippen LogP contribution < -0.4 is 5.11 Å². The molecule has 3 rings (SSSR count). The Hall–Kier alpha value is -2.42. The van der Waals surface area contributed by atoms with Gasteiger partial charge >= 0.3 is 0 Å². The molecular formula is C27H38N3O4S-. The quantitative estimate of drug-likeness (QED) is 0.527. The van der Waals surface area contributed by atoms with E-state index in [1.54, 1.807) is 31.3 Å². The van der Waals surface area contributed by atoms with E-state index in [1.165, 1.54) is 9.21 Å². The molecule has 1 amide bonds. The molecule has 35 heavy (non-hydrogen) atoms. The van der Waals surface area contributed by atoms with E-state index in [0.717, 1.165) is 44.5 Å². The summed E-state index contributed by atoms with van der Waals surface area (Å²) in [7, 11) is -1.93. The molecule has 0 aromatic heterocycles. The van der Waals surface area contributed by atoms with Crippen LogP contribution in [0.4, 0.5) is 4.79 Å². The molecular weight excluding hydrogens is 462 g/mol. The lowest BCUT2D eigenvalue weighted by atomic mass is 9.94. The highest BCUT2D eigenvalue weighted by Gasteiger charge is 2.32. The predicted molar refractivity (Wildman–Crippen MR) is 137 cm³/mol. The van der Waals surface area contributed by atoms with Crippen LogP contribution in [0.15, 0.2) is 65.6 Å². The summed E-state index contributed by atoms with van der Waals surface area (Å²) in [4.78, 5) is 15.9. The number of benzene rings is 2. The highest BCUT2D eigenvalue weighted by Crippen LogP contribution is 2.27. The van der Waals surface area contributed by atoms with Gasteiger partial charge in [0.2, 0.25) is 10.0 Å². The maximum Gasteiger partial charge on any atom is 0.242 e. The number of hydrogen-bond acceptors (Lipinski definition) is 5. The lowest BCUT2D eigenvalue weighted by Gasteiger charge is -2.47. The number of hydrogen-bond donors (Lipinski definition) is 0. The van der Waals surface area contributed by atoms with E-state index < -0.39 is 21.7 Å². The van der Waals surface area contributed by atoms with Gasteiger partial charge in [-0.15, -0.1) is 0 Å². The van der Waals surface area contributed by atoms with Crippen LogP contribution in [0, 0.1) is 0 Å². The van der Waals surface area contributed by atoms with Crippen molar-refractivity contribution in [3.8, 4) is 0 Å². The molecule has 1 saturated heterocycles. The first kappa shape index (κ1) is 27.2. The Labute approximate surface area is 210 Å². The molecule has 0 spiro atoms. The second kappa shape index (κ2) is 11.5. The van der Waals surface area contributed by atoms with E-state index in [2.05, 4.69) is 17.0 Å². The molecule has 8 heteroatoms. The summed E-state index contributed by atoms with van der Waals surface area (Å²) >= 11 is 0. The van der Waals surface area contributed by atoms with Gasteiger partial charge in [0.15, 0.2) is 0 Å². The topological polar surface area (TPSA) is 84.0 Å². The van der Waals surface area contributed by atoms with E-state index in [9.17, 15) is 18.3 Å². The molecule has 0 aliphatic carbocycles. The molecule has 1 atom stereocenters. The first-order valence-electron chi connectivity index (χ1n) is 12.3. The van der Waals surface area contributed by atoms with Gasteiger partial charge in [0.05, 0.1) is 4.90 Å². The summed E-state index contributed by atoms with van der Waals surface area (Å²) in [6.45, 7) is 8.54. The Morgan fingerprint density at radius 3 is 2.09 bits per heavy atom. The van der Waals surface area contributed by atoms with Crippen LogP contribution in [0.3, 0.4) is 0 Å². The number of rotatable bonds is 9. The highest BCUT2D eigenvalue weighted by molar-refractivity contribution is 7.89. The summed E-state index contributed by atoms with van der Waals surface area (Å²) in [5, 5.41) is 11.7. The van der Waals surface area contributed by atoms with Crippen molar-refractivity contribution in [2.75, 3.05) is 33.2 Å². The third-order valence-corrected chi connectivity index (χ3v) is 8.67. The van der Waals surface area contributed by atoms with E-state index in [0.29, 0.717) is 11.4 Å². The molecule has 1 aliphatic rings. The van der Waals surface area contributed by atoms with Crippen molar-refractivity contribution in [2.45, 2.75) is 62.4 Å². The third kappa shape index (κ3) is 7.06. The number of carboxylic acid groups (broad SMARTS) is 1. The SMILES string of the molecule is CN(CC(CCN1CCC(N(C(=O)[O-])C(C)(C)C)CC1)c1ccccc1)S(=O)(=O)c1ccccc1. The Morgan fingerprint density at radius 1 is 1.03 bits per heavy atom. The fraction of sp³-hybridized carbons (Fsp3) is 0.519. The van der Waals surface area contributed by atoms with Crippen molar-refractivity contribution in [2.24, 2.45) is 0 Å². The number of carbonyl (C=O) groups is 1. The fourth-order valence-corrected chi connectivity index (χ4v) is 6.22. The molecule has 1 heterocycles. The van der Waals surface area contributed by atoms with Gasteiger partial charge < -0.3 is 19.7 Å². The van der Waals surface area contributed by atoms with Crippen LogP contribution in [0.2, 0.25) is 0 Å². The second-order valence-electron chi connectivity index (χ2n) is 10.4. The van der Waals surface area contributed by atoms with Crippen molar-refractivity contribution >= 4 is 16.1 Å². The number of carbonyl (C=O) groups excluding carboxylic acids is 1. The maximum absolute atomic E-state index is 13.1. The summed E-state index contributed by atoms with van der Waals surface area (Å²) in [6.07, 6.45) is 1.24. The summed E-state index contributed by atoms with van der Waals surface area (Å²) in [5.41, 5.74) is 0.632. The molecule has 1 aliphatic heterocycles. The number of sulfonamides is 1. The van der Waals surface area contributed by atoms with Crippen molar-refractivity contribution in [3.63, 3.8) is 0 Å². The van der Waals surface area contributed by atoms with Gasteiger partial charge in [0.25, 0.3) is 0 Å². The molecule has 1 fully saturated rings. The fourth-order valence-electron chi connectivity index (χ4n) is 4.98. The first-order valence-corrected chi connectivity index (χ1v) is 13.7. The lowest BCUT2D eigenvalue weighted by molar-refractivity contribution is -0.274. The number of nitrogens with zero attached hydrogens (tertiary/aromatic N) is 3. The van der Waals surface area contributed by atoms with Crippen LogP contribution in [0.1, 0.15) is 51.5 Å². The zero-order valence-corrected chi connectivity index (χ0v) is 22.1. The minimum atomic E-state index is -3.57. The average molecular weight is 501 g/mol. The van der Waals surface area contributed by atoms with Gasteiger partial charge in [-0.1, -0.05) is 48.5 Å². The van der Waals surface area contributed by atoms with Gasteiger partial charge in [0.1, 0.15) is 6.09 Å². The second-order valence-corrected chi connectivity index (χ2v) is 12.4. The zero-order valence-electron chi connectivity index (χ0n) is 21.3. The van der Waals surface area contributed by atoms with Gasteiger partial charge in [-0.05, 0) is 70.2 Å². The molecule has 0 bridgehead atoms. The van der Waals surface area contributed by atoms with E-state index in [-0.39, 0.29) is 12.0 Å². The summed E-state index contributed by atoms with van der Waals surface area (Å²) in [6, 6.07) is 18.5. The van der Waals surface area contributed by atoms with Crippen LogP contribution in [0.25, 0.3) is 0 Å². The number of piperidine rings is 1. The molecule has 7 nitrogen and oxygen atoms in total. The van der Waals surface area contributed by atoms with Crippen LogP contribution in [0.5, 0.6) is 0 Å². The highest BCUT2D eigenvalue weighted by atomic mass is 32.2. The Bertz CT molecular complexity index is 1050. The molecule has 1 unspecified atom stereocenters. The maximum atomic E-state index is 13.1. The molecule has 0 N–H and O–H groups in total. The predicted octanol–water partition coefficient (Wildman–Crippen LogP) is 3.39. The summed E-state index contributed by atoms with van der Waals surface area (Å²) < 4.78 is 27.6. The van der Waals surface area contributed by atoms with Gasteiger partial charge in [0, 0.05) is 38.3 Å². The minimum Gasteiger partial charge on any atom is -0.530 e. The van der Waals surface area contributed by atoms with Crippen LogP contribution in [-0.2, 0) is 10.0 Å². The molecule has 2 aromatic rings. The molecule has 0 saturated carbocycles. The van der Waals surface area contributed by atoms with Gasteiger partial charge in [-0.25, -0.2) is 12.7 Å². The molecule has 2 aromatic carbocycles. The normalized spacial score (nSPS) is 16.8. The average Bonchev–Trinajstić information content (AvgIpc) is 2.82. The van der Waals surface area contributed by atoms with E-state index >= 15 is 0 Å². The first-order chi connectivity index (χ1) is 16.5. The van der Waals surface area contributed by atoms with Crippen molar-refractivity contribution < 1.29 is 18.3 Å². The largest absolute Gasteiger partial charge is 0.530 e. The molecule has 0 radical (unpaired) electrons. The Balaban J connectivity index is 1.65. The lowest BCUT2D eigenvalue weighted by Crippen LogP contribution is -2.58. The molecule has 192 valence electrons. The van der Waals surface area contributed by atoms with Crippen molar-refractivity contribution in [1.82, 2.24) is 14.1 Å². The van der Waals surface area contributed by atoms with Crippen molar-refractivity contribution in [1.29, 1.82) is 0 Å². The third-order valence-electron chi connectivity index (χ3n) is 6.84. The zero-order chi connectivity index (χ0) is 25.6. The van der Waals surface area contributed by atoms with Gasteiger partial charge in [-0.3, -0.25) is 0 Å². The standard InChI is InChI=1S/C27H39N3O4S/c1-27(2,3)30(26(31)32)24-16-19-29(20-17-24)18-15-23(22-11-7-5-8-12-22)21-28(4)35(33,34)25-13-9-6-10-14-25/h5-14,23-24H,15-21H2,1-4H3,(H,31,32)/p-1. The monoisotopic (exact) mass is 500 g/mol. The van der Waals surface area contributed by atoms with Crippen LogP contribution >= 0.6 is 0 Å². The minimum absolute atomic E-state index is 0.0386. The Morgan fingerprint density at radius 2 is 1.57 bits per heavy atom. The smallest absolute Gasteiger partial charge is 0.242 e. The van der Waals surface area contributed by atoms with E-state index in [4.69, 9.17) is 0 Å². The number of likely N-dealkylation sites (tertiary alicyclic amines) is 1. The van der Waals surface area contributed by atoms with Gasteiger partial charge in [-0.2, -0.15) is 0 Å². The summed E-state index contributed by atoms with van der Waals surface area (Å²) in [5.74, 6) is 0.0479. The van der Waals surface area contributed by atoms with Crippen LogP contribution in [-0.4, -0.2) is 73.4 Å². The number of likely N-dealkylation sites (N-methyl/N-ethyl adjacent to an activating group) is 1. The van der Waals surface area contributed by atoms with Crippen molar-refractivity contribution in [3.05, 3.63) is 66.2 Å².